The Kier molecular flexibility index (Phi) is 3.89. The summed E-state index contributed by atoms with van der Waals surface area (Å²) in [4.78, 5) is 3.33. The van der Waals surface area contributed by atoms with E-state index in [2.05, 4.69) is 4.85 Å². The maximum absolute atomic E-state index is 9.57. The fourth-order valence-corrected chi connectivity index (χ4v) is 1.91. The molecule has 19 heavy (non-hydrogen) atoms. The zero-order valence-corrected chi connectivity index (χ0v) is 10.9. The summed E-state index contributed by atoms with van der Waals surface area (Å²) in [6.07, 6.45) is 0. The molecule has 2 aromatic rings. The van der Waals surface area contributed by atoms with Crippen LogP contribution >= 0.6 is 0 Å². The number of nitrogens with zero attached hydrogens (tertiary/aromatic N) is 1. The van der Waals surface area contributed by atoms with Crippen molar-refractivity contribution in [3.63, 3.8) is 0 Å². The standard InChI is InChI=1S/C15H14BNO2/c1-11-10-14(8-9-15(11)16(2)18)19-13-6-4-12(17-3)5-7-13/h4-10,18H,1-2H3. The summed E-state index contributed by atoms with van der Waals surface area (Å²) in [5.41, 5.74) is 2.48. The van der Waals surface area contributed by atoms with Crippen molar-refractivity contribution in [2.75, 3.05) is 0 Å². The van der Waals surface area contributed by atoms with Gasteiger partial charge in [-0.1, -0.05) is 30.6 Å². The molecule has 0 aromatic heterocycles. The third-order valence-electron chi connectivity index (χ3n) is 2.89. The molecule has 1 N–H and O–H groups in total. The van der Waals surface area contributed by atoms with E-state index in [9.17, 15) is 5.02 Å². The minimum absolute atomic E-state index is 0.480. The first-order valence-electron chi connectivity index (χ1n) is 6.04. The zero-order chi connectivity index (χ0) is 13.8. The lowest BCUT2D eigenvalue weighted by atomic mass is 9.63. The topological polar surface area (TPSA) is 33.8 Å². The van der Waals surface area contributed by atoms with Crippen LogP contribution in [0, 0.1) is 13.5 Å². The Labute approximate surface area is 113 Å². The van der Waals surface area contributed by atoms with Gasteiger partial charge in [-0.05, 0) is 36.7 Å². The Hall–Kier alpha value is -2.25. The van der Waals surface area contributed by atoms with Crippen molar-refractivity contribution in [2.24, 2.45) is 0 Å². The molecule has 0 saturated heterocycles. The van der Waals surface area contributed by atoms with Crippen LogP contribution < -0.4 is 10.2 Å². The summed E-state index contributed by atoms with van der Waals surface area (Å²) >= 11 is 0. The van der Waals surface area contributed by atoms with Gasteiger partial charge in [0.15, 0.2) is 5.69 Å². The molecule has 0 aliphatic carbocycles. The van der Waals surface area contributed by atoms with Gasteiger partial charge in [0, 0.05) is 0 Å². The lowest BCUT2D eigenvalue weighted by Gasteiger charge is -2.10. The van der Waals surface area contributed by atoms with E-state index in [1.807, 2.05) is 25.1 Å². The number of hydrogen-bond acceptors (Lipinski definition) is 2. The van der Waals surface area contributed by atoms with Gasteiger partial charge in [-0.3, -0.25) is 0 Å². The van der Waals surface area contributed by atoms with E-state index in [-0.39, 0.29) is 0 Å². The normalized spacial score (nSPS) is 9.79. The predicted octanol–water partition coefficient (Wildman–Crippen LogP) is 3.16. The molecule has 0 aliphatic rings. The van der Waals surface area contributed by atoms with Crippen molar-refractivity contribution in [2.45, 2.75) is 13.7 Å². The third-order valence-corrected chi connectivity index (χ3v) is 2.89. The van der Waals surface area contributed by atoms with E-state index < -0.39 is 6.92 Å². The van der Waals surface area contributed by atoms with Gasteiger partial charge in [-0.15, -0.1) is 0 Å². The molecule has 3 nitrogen and oxygen atoms in total. The Morgan fingerprint density at radius 1 is 1.11 bits per heavy atom. The monoisotopic (exact) mass is 251 g/mol. The predicted molar refractivity (Wildman–Crippen MR) is 77.4 cm³/mol. The second-order valence-electron chi connectivity index (χ2n) is 4.40. The molecular weight excluding hydrogens is 237 g/mol. The first-order valence-corrected chi connectivity index (χ1v) is 6.04. The van der Waals surface area contributed by atoms with E-state index in [1.165, 1.54) is 0 Å². The molecule has 2 aromatic carbocycles. The van der Waals surface area contributed by atoms with E-state index in [0.29, 0.717) is 11.4 Å². The molecule has 2 rings (SSSR count). The minimum atomic E-state index is -0.480. The van der Waals surface area contributed by atoms with Gasteiger partial charge in [0.25, 0.3) is 0 Å². The largest absolute Gasteiger partial charge is 0.457 e. The van der Waals surface area contributed by atoms with Crippen molar-refractivity contribution in [1.29, 1.82) is 0 Å². The molecule has 0 fully saturated rings. The van der Waals surface area contributed by atoms with Crippen molar-refractivity contribution < 1.29 is 9.76 Å². The second kappa shape index (κ2) is 5.60. The zero-order valence-electron chi connectivity index (χ0n) is 10.9. The Balaban J connectivity index is 2.19. The van der Waals surface area contributed by atoms with E-state index in [4.69, 9.17) is 11.3 Å². The maximum Gasteiger partial charge on any atom is 0.320 e. The smallest absolute Gasteiger partial charge is 0.320 e. The SMILES string of the molecule is [C-]#[N+]c1ccc(Oc2ccc(B(C)O)c(C)c2)cc1. The van der Waals surface area contributed by atoms with Crippen LogP contribution in [-0.2, 0) is 0 Å². The van der Waals surface area contributed by atoms with Crippen LogP contribution in [0.25, 0.3) is 4.85 Å². The summed E-state index contributed by atoms with van der Waals surface area (Å²) in [5, 5.41) is 9.57. The average Bonchev–Trinajstić information content (AvgIpc) is 2.39. The molecule has 0 unspecified atom stereocenters. The highest BCUT2D eigenvalue weighted by molar-refractivity contribution is 6.65. The molecule has 0 saturated carbocycles. The maximum atomic E-state index is 9.57. The number of aryl methyl sites for hydroxylation is 1. The Morgan fingerprint density at radius 3 is 2.26 bits per heavy atom. The van der Waals surface area contributed by atoms with Crippen LogP contribution in [0.2, 0.25) is 6.82 Å². The molecule has 0 bridgehead atoms. The molecular formula is C15H14BNO2. The van der Waals surface area contributed by atoms with Crippen LogP contribution in [0.4, 0.5) is 5.69 Å². The van der Waals surface area contributed by atoms with E-state index in [1.54, 1.807) is 31.1 Å². The number of benzene rings is 2. The fraction of sp³-hybridized carbons (Fsp3) is 0.133. The summed E-state index contributed by atoms with van der Waals surface area (Å²) in [6, 6.07) is 12.6. The van der Waals surface area contributed by atoms with Gasteiger partial charge < -0.3 is 9.76 Å². The van der Waals surface area contributed by atoms with Gasteiger partial charge in [-0.2, -0.15) is 0 Å². The van der Waals surface area contributed by atoms with Crippen molar-refractivity contribution >= 4 is 18.1 Å². The molecule has 0 heterocycles. The van der Waals surface area contributed by atoms with Crippen molar-refractivity contribution in [3.8, 4) is 11.5 Å². The highest BCUT2D eigenvalue weighted by Gasteiger charge is 2.10. The van der Waals surface area contributed by atoms with Gasteiger partial charge in [0.1, 0.15) is 11.5 Å². The van der Waals surface area contributed by atoms with Gasteiger partial charge in [0.2, 0.25) is 0 Å². The molecule has 94 valence electrons. The minimum Gasteiger partial charge on any atom is -0.457 e. The molecule has 0 atom stereocenters. The van der Waals surface area contributed by atoms with Crippen molar-refractivity contribution in [3.05, 3.63) is 59.4 Å². The number of hydrogen-bond donors (Lipinski definition) is 1. The lowest BCUT2D eigenvalue weighted by molar-refractivity contribution is 0.482. The summed E-state index contributed by atoms with van der Waals surface area (Å²) in [7, 11) is 0. The Morgan fingerprint density at radius 2 is 1.74 bits per heavy atom. The van der Waals surface area contributed by atoms with Crippen LogP contribution in [0.1, 0.15) is 5.56 Å². The van der Waals surface area contributed by atoms with E-state index >= 15 is 0 Å². The summed E-state index contributed by atoms with van der Waals surface area (Å²) < 4.78 is 5.71. The number of ether oxygens (including phenoxy) is 1. The van der Waals surface area contributed by atoms with Crippen LogP contribution in [0.3, 0.4) is 0 Å². The average molecular weight is 251 g/mol. The van der Waals surface area contributed by atoms with E-state index in [0.717, 1.165) is 16.8 Å². The fourth-order valence-electron chi connectivity index (χ4n) is 1.91. The van der Waals surface area contributed by atoms with Crippen molar-refractivity contribution in [1.82, 2.24) is 0 Å². The van der Waals surface area contributed by atoms with Crippen LogP contribution in [0.5, 0.6) is 11.5 Å². The second-order valence-corrected chi connectivity index (χ2v) is 4.40. The first kappa shape index (κ1) is 13.2. The molecule has 4 heteroatoms. The van der Waals surface area contributed by atoms with Gasteiger partial charge in [0.05, 0.1) is 6.57 Å². The first-order chi connectivity index (χ1) is 9.10. The molecule has 0 spiro atoms. The van der Waals surface area contributed by atoms with Gasteiger partial charge in [-0.25, -0.2) is 4.85 Å². The van der Waals surface area contributed by atoms with Gasteiger partial charge >= 0.3 is 6.92 Å². The highest BCUT2D eigenvalue weighted by atomic mass is 16.5. The summed E-state index contributed by atoms with van der Waals surface area (Å²) in [6.45, 7) is 10.1. The highest BCUT2D eigenvalue weighted by Crippen LogP contribution is 2.24. The quantitative estimate of drug-likeness (QED) is 0.671. The third kappa shape index (κ3) is 3.15. The van der Waals surface area contributed by atoms with Crippen LogP contribution in [-0.4, -0.2) is 11.9 Å². The summed E-state index contributed by atoms with van der Waals surface area (Å²) in [5.74, 6) is 1.41. The van der Waals surface area contributed by atoms with Crippen LogP contribution in [0.15, 0.2) is 42.5 Å². The molecule has 0 amide bonds. The Bertz CT molecular complexity index is 615. The number of rotatable bonds is 3. The lowest BCUT2D eigenvalue weighted by Crippen LogP contribution is -2.28. The molecule has 0 radical (unpaired) electrons. The molecule has 0 aliphatic heterocycles.